The number of carbonyl (C=O) groups excluding carboxylic acids is 1. The highest BCUT2D eigenvalue weighted by Crippen LogP contribution is 2.26. The number of anilines is 1. The minimum absolute atomic E-state index is 0.151. The van der Waals surface area contributed by atoms with E-state index in [0.717, 1.165) is 19.5 Å². The molecule has 0 aromatic heterocycles. The molecule has 1 amide bonds. The van der Waals surface area contributed by atoms with E-state index in [1.165, 1.54) is 0 Å². The molecule has 0 radical (unpaired) electrons. The van der Waals surface area contributed by atoms with Crippen molar-refractivity contribution in [3.8, 4) is 0 Å². The Kier molecular flexibility index (Phi) is 4.48. The summed E-state index contributed by atoms with van der Waals surface area (Å²) in [6, 6.07) is 12.7. The molecule has 0 heterocycles. The Morgan fingerprint density at radius 2 is 1.72 bits per heavy atom. The molecule has 0 saturated carbocycles. The van der Waals surface area contributed by atoms with Gasteiger partial charge in [-0.3, -0.25) is 4.79 Å². The fraction of sp³-hybridized carbons (Fsp3) is 0. The van der Waals surface area contributed by atoms with E-state index < -0.39 is 0 Å². The van der Waals surface area contributed by atoms with Crippen LogP contribution in [0, 0.1) is 0 Å². The first kappa shape index (κ1) is 13.6. The Hall–Kier alpha value is -0.780. The molecule has 0 saturated heterocycles. The number of rotatable bonds is 2. The third kappa shape index (κ3) is 3.37. The van der Waals surface area contributed by atoms with Crippen molar-refractivity contribution in [2.75, 3.05) is 5.32 Å². The second kappa shape index (κ2) is 5.91. The van der Waals surface area contributed by atoms with E-state index in [2.05, 4.69) is 49.8 Å². The first-order chi connectivity index (χ1) is 8.56. The number of carbonyl (C=O) groups is 1. The Labute approximate surface area is 127 Å². The van der Waals surface area contributed by atoms with E-state index in [-0.39, 0.29) is 5.91 Å². The average Bonchev–Trinajstić information content (AvgIpc) is 2.34. The van der Waals surface area contributed by atoms with Crippen molar-refractivity contribution in [1.29, 1.82) is 0 Å². The van der Waals surface area contributed by atoms with Crippen molar-refractivity contribution < 1.29 is 4.79 Å². The number of halogens is 2. The van der Waals surface area contributed by atoms with Crippen LogP contribution in [0.2, 0.25) is 0 Å². The van der Waals surface area contributed by atoms with Gasteiger partial charge in [-0.1, -0.05) is 15.9 Å². The van der Waals surface area contributed by atoms with Crippen LogP contribution in [0.25, 0.3) is 0 Å². The molecular weight excluding hydrogens is 378 g/mol. The molecule has 2 rings (SSSR count). The van der Waals surface area contributed by atoms with E-state index in [4.69, 9.17) is 0 Å². The zero-order valence-corrected chi connectivity index (χ0v) is 13.2. The molecule has 0 spiro atoms. The van der Waals surface area contributed by atoms with Crippen LogP contribution in [0.1, 0.15) is 10.4 Å². The second-order valence-corrected chi connectivity index (χ2v) is 5.91. The summed E-state index contributed by atoms with van der Waals surface area (Å²) in [7, 11) is 0. The summed E-state index contributed by atoms with van der Waals surface area (Å²) >= 11 is 10.9. The topological polar surface area (TPSA) is 29.1 Å². The lowest BCUT2D eigenvalue weighted by molar-refractivity contribution is 0.102. The highest BCUT2D eigenvalue weighted by atomic mass is 79.9. The number of amides is 1. The summed E-state index contributed by atoms with van der Waals surface area (Å²) in [5.41, 5.74) is 1.32. The molecular formula is C13H9Br2NOS. The number of nitrogens with one attached hydrogen (secondary N) is 1. The first-order valence-electron chi connectivity index (χ1n) is 5.12. The van der Waals surface area contributed by atoms with Crippen molar-refractivity contribution in [2.24, 2.45) is 0 Å². The van der Waals surface area contributed by atoms with Gasteiger partial charge in [-0.05, 0) is 58.4 Å². The molecule has 0 bridgehead atoms. The summed E-state index contributed by atoms with van der Waals surface area (Å²) in [5.74, 6) is -0.151. The van der Waals surface area contributed by atoms with E-state index in [1.54, 1.807) is 24.3 Å². The molecule has 5 heteroatoms. The standard InChI is InChI=1S/C13H9Br2NOS/c14-9-3-6-11(15)12(7-9)16-13(17)8-1-4-10(18)5-2-8/h1-7,18H,(H,16,17). The Morgan fingerprint density at radius 3 is 2.39 bits per heavy atom. The van der Waals surface area contributed by atoms with Gasteiger partial charge in [-0.25, -0.2) is 0 Å². The summed E-state index contributed by atoms with van der Waals surface area (Å²) in [6.45, 7) is 0. The molecule has 2 nitrogen and oxygen atoms in total. The Bertz CT molecular complexity index is 584. The van der Waals surface area contributed by atoms with Gasteiger partial charge in [0.05, 0.1) is 5.69 Å². The van der Waals surface area contributed by atoms with Crippen LogP contribution < -0.4 is 5.32 Å². The van der Waals surface area contributed by atoms with Gasteiger partial charge in [-0.15, -0.1) is 12.6 Å². The average molecular weight is 387 g/mol. The predicted octanol–water partition coefficient (Wildman–Crippen LogP) is 4.75. The number of benzene rings is 2. The third-order valence-corrected chi connectivity index (χ3v) is 3.79. The van der Waals surface area contributed by atoms with Crippen LogP contribution in [-0.2, 0) is 0 Å². The summed E-state index contributed by atoms with van der Waals surface area (Å²) in [6.07, 6.45) is 0. The molecule has 18 heavy (non-hydrogen) atoms. The minimum Gasteiger partial charge on any atom is -0.321 e. The van der Waals surface area contributed by atoms with Crippen LogP contribution in [0.3, 0.4) is 0 Å². The van der Waals surface area contributed by atoms with Crippen LogP contribution in [0.5, 0.6) is 0 Å². The molecule has 0 unspecified atom stereocenters. The molecule has 1 N–H and O–H groups in total. The molecule has 2 aromatic carbocycles. The van der Waals surface area contributed by atoms with Gasteiger partial charge in [0.15, 0.2) is 0 Å². The lowest BCUT2D eigenvalue weighted by Crippen LogP contribution is -2.12. The maximum Gasteiger partial charge on any atom is 0.255 e. The maximum absolute atomic E-state index is 12.0. The van der Waals surface area contributed by atoms with Crippen LogP contribution >= 0.6 is 44.5 Å². The molecule has 0 aliphatic heterocycles. The SMILES string of the molecule is O=C(Nc1cc(Br)ccc1Br)c1ccc(S)cc1. The molecule has 0 aliphatic carbocycles. The zero-order chi connectivity index (χ0) is 13.1. The fourth-order valence-electron chi connectivity index (χ4n) is 1.40. The largest absolute Gasteiger partial charge is 0.321 e. The normalized spacial score (nSPS) is 10.2. The van der Waals surface area contributed by atoms with E-state index >= 15 is 0 Å². The summed E-state index contributed by atoms with van der Waals surface area (Å²) < 4.78 is 1.75. The maximum atomic E-state index is 12.0. The molecule has 0 fully saturated rings. The van der Waals surface area contributed by atoms with Crippen molar-refractivity contribution >= 4 is 56.1 Å². The number of hydrogen-bond donors (Lipinski definition) is 2. The first-order valence-corrected chi connectivity index (χ1v) is 7.15. The van der Waals surface area contributed by atoms with Gasteiger partial charge < -0.3 is 5.32 Å². The molecule has 0 atom stereocenters. The van der Waals surface area contributed by atoms with Gasteiger partial charge in [-0.2, -0.15) is 0 Å². The zero-order valence-electron chi connectivity index (χ0n) is 9.15. The second-order valence-electron chi connectivity index (χ2n) is 3.63. The van der Waals surface area contributed by atoms with Gasteiger partial charge in [0.1, 0.15) is 0 Å². The minimum atomic E-state index is -0.151. The van der Waals surface area contributed by atoms with Gasteiger partial charge in [0, 0.05) is 19.4 Å². The van der Waals surface area contributed by atoms with Gasteiger partial charge in [0.25, 0.3) is 5.91 Å². The molecule has 92 valence electrons. The van der Waals surface area contributed by atoms with Crippen LogP contribution in [0.15, 0.2) is 56.3 Å². The highest BCUT2D eigenvalue weighted by molar-refractivity contribution is 9.11. The quantitative estimate of drug-likeness (QED) is 0.716. The van der Waals surface area contributed by atoms with Crippen LogP contribution in [0.4, 0.5) is 5.69 Å². The van der Waals surface area contributed by atoms with E-state index in [0.29, 0.717) is 5.56 Å². The number of hydrogen-bond acceptors (Lipinski definition) is 2. The van der Waals surface area contributed by atoms with Crippen molar-refractivity contribution in [3.05, 3.63) is 57.0 Å². The number of thiol groups is 1. The monoisotopic (exact) mass is 385 g/mol. The molecule has 0 aliphatic rings. The van der Waals surface area contributed by atoms with Crippen LogP contribution in [-0.4, -0.2) is 5.91 Å². The van der Waals surface area contributed by atoms with Crippen molar-refractivity contribution in [2.45, 2.75) is 4.90 Å². The summed E-state index contributed by atoms with van der Waals surface area (Å²) in [5, 5.41) is 2.85. The van der Waals surface area contributed by atoms with Crippen molar-refractivity contribution in [1.82, 2.24) is 0 Å². The Balaban J connectivity index is 2.21. The van der Waals surface area contributed by atoms with Gasteiger partial charge >= 0.3 is 0 Å². The lowest BCUT2D eigenvalue weighted by atomic mass is 10.2. The third-order valence-electron chi connectivity index (χ3n) is 2.31. The smallest absolute Gasteiger partial charge is 0.255 e. The fourth-order valence-corrected chi connectivity index (χ4v) is 2.26. The van der Waals surface area contributed by atoms with E-state index in [9.17, 15) is 4.79 Å². The lowest BCUT2D eigenvalue weighted by Gasteiger charge is -2.08. The Morgan fingerprint density at radius 1 is 1.06 bits per heavy atom. The van der Waals surface area contributed by atoms with E-state index in [1.807, 2.05) is 18.2 Å². The summed E-state index contributed by atoms with van der Waals surface area (Å²) in [4.78, 5) is 12.8. The predicted molar refractivity (Wildman–Crippen MR) is 83.5 cm³/mol. The van der Waals surface area contributed by atoms with Crippen molar-refractivity contribution in [3.63, 3.8) is 0 Å². The highest BCUT2D eigenvalue weighted by Gasteiger charge is 2.08. The van der Waals surface area contributed by atoms with Gasteiger partial charge in [0.2, 0.25) is 0 Å². The molecule has 2 aromatic rings.